The summed E-state index contributed by atoms with van der Waals surface area (Å²) in [4.78, 5) is 48.7. The number of benzene rings is 2. The Morgan fingerprint density at radius 2 is 1.81 bits per heavy atom. The summed E-state index contributed by atoms with van der Waals surface area (Å²) in [6.45, 7) is 0.209. The number of rotatable bonds is 6. The van der Waals surface area contributed by atoms with Crippen LogP contribution in [-0.2, 0) is 14.3 Å². The van der Waals surface area contributed by atoms with Gasteiger partial charge >= 0.3 is 5.97 Å². The van der Waals surface area contributed by atoms with E-state index in [9.17, 15) is 24.5 Å². The molecule has 0 aromatic heterocycles. The van der Waals surface area contributed by atoms with Crippen molar-refractivity contribution in [3.05, 3.63) is 69.2 Å². The molecule has 1 heterocycles. The van der Waals surface area contributed by atoms with Gasteiger partial charge in [0, 0.05) is 36.8 Å². The van der Waals surface area contributed by atoms with Gasteiger partial charge in [-0.2, -0.15) is 0 Å². The molecule has 2 amide bonds. The quantitative estimate of drug-likeness (QED) is 0.414. The number of hydrogen-bond donors (Lipinski definition) is 1. The third-order valence-corrected chi connectivity index (χ3v) is 5.30. The first-order valence-electron chi connectivity index (χ1n) is 9.60. The number of halogens is 1. The number of ether oxygens (including phenoxy) is 1. The smallest absolute Gasteiger partial charge is 0.340 e. The van der Waals surface area contributed by atoms with Crippen molar-refractivity contribution in [2.75, 3.05) is 25.0 Å². The van der Waals surface area contributed by atoms with Gasteiger partial charge in [0.2, 0.25) is 5.91 Å². The maximum absolute atomic E-state index is 12.4. The molecule has 0 spiro atoms. The van der Waals surface area contributed by atoms with Gasteiger partial charge in [-0.25, -0.2) is 4.79 Å². The van der Waals surface area contributed by atoms with Gasteiger partial charge in [-0.1, -0.05) is 29.8 Å². The zero-order valence-electron chi connectivity index (χ0n) is 16.5. The second-order valence-corrected chi connectivity index (χ2v) is 7.41. The van der Waals surface area contributed by atoms with Gasteiger partial charge in [0.1, 0.15) is 0 Å². The largest absolute Gasteiger partial charge is 0.452 e. The molecule has 0 atom stereocenters. The molecule has 2 aromatic rings. The maximum atomic E-state index is 12.4. The minimum absolute atomic E-state index is 0.00621. The van der Waals surface area contributed by atoms with Crippen LogP contribution >= 0.6 is 11.6 Å². The summed E-state index contributed by atoms with van der Waals surface area (Å²) >= 11 is 5.91. The van der Waals surface area contributed by atoms with Crippen LogP contribution in [0.2, 0.25) is 5.02 Å². The third kappa shape index (κ3) is 5.79. The number of nitro benzene ring substituents is 1. The van der Waals surface area contributed by atoms with Crippen molar-refractivity contribution in [1.82, 2.24) is 4.90 Å². The van der Waals surface area contributed by atoms with Gasteiger partial charge in [-0.05, 0) is 31.0 Å². The molecule has 1 fully saturated rings. The Bertz CT molecular complexity index is 990. The van der Waals surface area contributed by atoms with E-state index in [4.69, 9.17) is 16.3 Å². The molecule has 1 N–H and O–H groups in total. The number of nitrogens with one attached hydrogen (secondary N) is 1. The number of non-ortho nitro benzene ring substituents is 1. The minimum Gasteiger partial charge on any atom is -0.452 e. The molecule has 0 bridgehead atoms. The summed E-state index contributed by atoms with van der Waals surface area (Å²) in [5, 5.41) is 13.7. The Labute approximate surface area is 183 Å². The highest BCUT2D eigenvalue weighted by Crippen LogP contribution is 2.23. The lowest BCUT2D eigenvalue weighted by Gasteiger charge is -2.31. The molecule has 0 aliphatic carbocycles. The minimum atomic E-state index is -0.917. The number of nitrogens with zero attached hydrogens (tertiary/aromatic N) is 2. The molecule has 3 rings (SSSR count). The second-order valence-electron chi connectivity index (χ2n) is 7.01. The normalized spacial score (nSPS) is 14.0. The van der Waals surface area contributed by atoms with E-state index in [0.29, 0.717) is 25.9 Å². The highest BCUT2D eigenvalue weighted by atomic mass is 35.5. The van der Waals surface area contributed by atoms with Gasteiger partial charge in [0.25, 0.3) is 11.6 Å². The van der Waals surface area contributed by atoms with Gasteiger partial charge in [-0.3, -0.25) is 19.7 Å². The number of hydrogen-bond acceptors (Lipinski definition) is 6. The first-order chi connectivity index (χ1) is 14.8. The molecule has 10 heteroatoms. The van der Waals surface area contributed by atoms with Crippen molar-refractivity contribution >= 4 is 40.8 Å². The molecule has 9 nitrogen and oxygen atoms in total. The van der Waals surface area contributed by atoms with Crippen LogP contribution in [-0.4, -0.2) is 47.3 Å². The third-order valence-electron chi connectivity index (χ3n) is 4.97. The van der Waals surface area contributed by atoms with Crippen LogP contribution in [0.5, 0.6) is 0 Å². The van der Waals surface area contributed by atoms with Crippen molar-refractivity contribution < 1.29 is 24.0 Å². The number of amides is 2. The number of carbonyl (C=O) groups excluding carboxylic acids is 3. The lowest BCUT2D eigenvalue weighted by Crippen LogP contribution is -2.43. The summed E-state index contributed by atoms with van der Waals surface area (Å²) in [6.07, 6.45) is 0.990. The average Bonchev–Trinajstić information content (AvgIpc) is 2.78. The Morgan fingerprint density at radius 3 is 2.45 bits per heavy atom. The Morgan fingerprint density at radius 1 is 1.13 bits per heavy atom. The van der Waals surface area contributed by atoms with Gasteiger partial charge < -0.3 is 15.0 Å². The Balaban J connectivity index is 1.48. The van der Waals surface area contributed by atoms with E-state index in [-0.39, 0.29) is 28.1 Å². The van der Waals surface area contributed by atoms with Crippen LogP contribution in [0.25, 0.3) is 0 Å². The topological polar surface area (TPSA) is 119 Å². The van der Waals surface area contributed by atoms with Crippen LogP contribution in [0.4, 0.5) is 11.4 Å². The molecule has 1 aliphatic heterocycles. The van der Waals surface area contributed by atoms with Crippen LogP contribution in [0.3, 0.4) is 0 Å². The molecule has 2 aromatic carbocycles. The monoisotopic (exact) mass is 445 g/mol. The van der Waals surface area contributed by atoms with E-state index < -0.39 is 23.4 Å². The second kappa shape index (κ2) is 10.0. The molecular weight excluding hydrogens is 426 g/mol. The van der Waals surface area contributed by atoms with E-state index in [0.717, 1.165) is 11.8 Å². The Kier molecular flexibility index (Phi) is 7.19. The number of para-hydroxylation sites is 1. The van der Waals surface area contributed by atoms with Crippen LogP contribution < -0.4 is 5.32 Å². The highest BCUT2D eigenvalue weighted by Gasteiger charge is 2.28. The summed E-state index contributed by atoms with van der Waals surface area (Å²) in [5.74, 6) is -1.63. The fourth-order valence-electron chi connectivity index (χ4n) is 3.24. The molecule has 31 heavy (non-hydrogen) atoms. The first-order valence-corrected chi connectivity index (χ1v) is 9.97. The van der Waals surface area contributed by atoms with Crippen molar-refractivity contribution in [2.45, 2.75) is 12.8 Å². The molecule has 0 radical (unpaired) electrons. The first kappa shape index (κ1) is 22.2. The van der Waals surface area contributed by atoms with E-state index in [1.807, 2.05) is 18.2 Å². The van der Waals surface area contributed by atoms with Crippen molar-refractivity contribution in [2.24, 2.45) is 5.92 Å². The molecule has 162 valence electrons. The number of esters is 1. The number of nitro groups is 1. The fraction of sp³-hybridized carbons (Fsp3) is 0.286. The summed E-state index contributed by atoms with van der Waals surface area (Å²) in [5.41, 5.74) is 0.233. The molecule has 0 saturated carbocycles. The zero-order chi connectivity index (χ0) is 22.4. The van der Waals surface area contributed by atoms with E-state index >= 15 is 0 Å². The van der Waals surface area contributed by atoms with Gasteiger partial charge in [-0.15, -0.1) is 0 Å². The van der Waals surface area contributed by atoms with E-state index in [1.54, 1.807) is 12.1 Å². The molecule has 0 unspecified atom stereocenters. The lowest BCUT2D eigenvalue weighted by atomic mass is 9.95. The van der Waals surface area contributed by atoms with Crippen LogP contribution in [0.1, 0.15) is 23.2 Å². The average molecular weight is 446 g/mol. The van der Waals surface area contributed by atoms with Crippen LogP contribution in [0, 0.1) is 16.0 Å². The van der Waals surface area contributed by atoms with Gasteiger partial charge in [0.15, 0.2) is 6.61 Å². The summed E-state index contributed by atoms with van der Waals surface area (Å²) < 4.78 is 5.00. The van der Waals surface area contributed by atoms with Crippen molar-refractivity contribution in [1.29, 1.82) is 0 Å². The van der Waals surface area contributed by atoms with E-state index in [2.05, 4.69) is 5.32 Å². The van der Waals surface area contributed by atoms with Gasteiger partial charge in [0.05, 0.1) is 15.5 Å². The number of anilines is 1. The molecular formula is C21H20ClN3O6. The number of piperidine rings is 1. The molecule has 1 aliphatic rings. The van der Waals surface area contributed by atoms with Crippen LogP contribution in [0.15, 0.2) is 48.5 Å². The summed E-state index contributed by atoms with van der Waals surface area (Å²) in [6, 6.07) is 12.5. The maximum Gasteiger partial charge on any atom is 0.340 e. The lowest BCUT2D eigenvalue weighted by molar-refractivity contribution is -0.384. The number of likely N-dealkylation sites (tertiary alicyclic amines) is 1. The Hall–Kier alpha value is -3.46. The predicted octanol–water partition coefficient (Wildman–Crippen LogP) is 3.28. The zero-order valence-corrected chi connectivity index (χ0v) is 17.2. The SMILES string of the molecule is O=C(OCC(=O)N1CCC(C(=O)Nc2ccccc2)CC1)c1cc([N+](=O)[O-])ccc1Cl. The predicted molar refractivity (Wildman–Crippen MR) is 113 cm³/mol. The van der Waals surface area contributed by atoms with Crippen molar-refractivity contribution in [3.63, 3.8) is 0 Å². The fourth-order valence-corrected chi connectivity index (χ4v) is 3.43. The highest BCUT2D eigenvalue weighted by molar-refractivity contribution is 6.33. The summed E-state index contributed by atoms with van der Waals surface area (Å²) in [7, 11) is 0. The number of carbonyl (C=O) groups is 3. The standard InChI is InChI=1S/C21H20ClN3O6/c22-18-7-6-16(25(29)30)12-17(18)21(28)31-13-19(26)24-10-8-14(9-11-24)20(27)23-15-4-2-1-3-5-15/h1-7,12,14H,8-11,13H2,(H,23,27). The van der Waals surface area contributed by atoms with E-state index in [1.165, 1.54) is 17.0 Å². The van der Waals surface area contributed by atoms with Crippen molar-refractivity contribution in [3.8, 4) is 0 Å². The molecule has 1 saturated heterocycles.